The van der Waals surface area contributed by atoms with Crippen molar-refractivity contribution in [2.45, 2.75) is 25.4 Å². The fraction of sp³-hybridized carbons (Fsp3) is 0.278. The smallest absolute Gasteiger partial charge is 0.122 e. The summed E-state index contributed by atoms with van der Waals surface area (Å²) in [6, 6.07) is 15.5. The Morgan fingerprint density at radius 2 is 2.00 bits per heavy atom. The highest BCUT2D eigenvalue weighted by molar-refractivity contribution is 5.40. The molecule has 2 aromatic rings. The molecule has 0 bridgehead atoms. The molecule has 0 saturated heterocycles. The second-order valence-corrected chi connectivity index (χ2v) is 5.33. The first kappa shape index (κ1) is 13.7. The van der Waals surface area contributed by atoms with Gasteiger partial charge in [-0.2, -0.15) is 5.26 Å². The third kappa shape index (κ3) is 3.07. The van der Waals surface area contributed by atoms with Gasteiger partial charge in [0, 0.05) is 6.42 Å². The highest BCUT2D eigenvalue weighted by Crippen LogP contribution is 2.27. The Balaban J connectivity index is 1.62. The molecule has 1 aliphatic rings. The molecule has 0 fully saturated rings. The Labute approximate surface area is 124 Å². The van der Waals surface area contributed by atoms with Crippen LogP contribution in [-0.4, -0.2) is 11.7 Å². The van der Waals surface area contributed by atoms with Gasteiger partial charge in [-0.05, 0) is 47.7 Å². The normalized spacial score (nSPS) is 14.1. The largest absolute Gasteiger partial charge is 0.493 e. The van der Waals surface area contributed by atoms with Gasteiger partial charge in [0.2, 0.25) is 0 Å². The number of rotatable bonds is 4. The van der Waals surface area contributed by atoms with Crippen molar-refractivity contribution >= 4 is 0 Å². The topological polar surface area (TPSA) is 53.2 Å². The van der Waals surface area contributed by atoms with Gasteiger partial charge >= 0.3 is 0 Å². The van der Waals surface area contributed by atoms with Crippen molar-refractivity contribution in [1.82, 2.24) is 0 Å². The van der Waals surface area contributed by atoms with E-state index in [0.29, 0.717) is 12.0 Å². The van der Waals surface area contributed by atoms with Crippen molar-refractivity contribution in [3.05, 3.63) is 64.7 Å². The molecule has 1 N–H and O–H groups in total. The van der Waals surface area contributed by atoms with Crippen molar-refractivity contribution in [2.75, 3.05) is 6.61 Å². The number of aliphatic hydroxyl groups is 1. The first-order valence-corrected chi connectivity index (χ1v) is 7.19. The molecule has 1 aliphatic heterocycles. The lowest BCUT2D eigenvalue weighted by Gasteiger charge is -2.11. The van der Waals surface area contributed by atoms with E-state index in [0.717, 1.165) is 30.8 Å². The molecule has 3 nitrogen and oxygen atoms in total. The van der Waals surface area contributed by atoms with E-state index in [2.05, 4.69) is 18.2 Å². The van der Waals surface area contributed by atoms with E-state index in [-0.39, 0.29) is 0 Å². The molecule has 0 radical (unpaired) electrons. The molecular formula is C18H17NO2. The van der Waals surface area contributed by atoms with Crippen LogP contribution < -0.4 is 4.74 Å². The SMILES string of the molecule is N#Cc1ccc(C(O)CCc2ccc3c(c2)CCO3)cc1. The van der Waals surface area contributed by atoms with E-state index < -0.39 is 6.10 Å². The number of fused-ring (bicyclic) bond motifs is 1. The average molecular weight is 279 g/mol. The van der Waals surface area contributed by atoms with Crippen LogP contribution in [0.25, 0.3) is 0 Å². The summed E-state index contributed by atoms with van der Waals surface area (Å²) < 4.78 is 5.49. The predicted octanol–water partition coefficient (Wildman–Crippen LogP) is 3.16. The quantitative estimate of drug-likeness (QED) is 0.935. The molecule has 0 saturated carbocycles. The summed E-state index contributed by atoms with van der Waals surface area (Å²) in [5.41, 5.74) is 3.97. The summed E-state index contributed by atoms with van der Waals surface area (Å²) in [7, 11) is 0. The first-order valence-electron chi connectivity index (χ1n) is 7.19. The van der Waals surface area contributed by atoms with Crippen LogP contribution in [0.3, 0.4) is 0 Å². The van der Waals surface area contributed by atoms with Gasteiger partial charge in [-0.25, -0.2) is 0 Å². The maximum absolute atomic E-state index is 10.2. The second-order valence-electron chi connectivity index (χ2n) is 5.33. The first-order chi connectivity index (χ1) is 10.3. The van der Waals surface area contributed by atoms with Crippen molar-refractivity contribution < 1.29 is 9.84 Å². The Morgan fingerprint density at radius 3 is 2.76 bits per heavy atom. The standard InChI is InChI=1S/C18H17NO2/c19-12-14-1-5-15(6-2-14)17(20)7-3-13-4-8-18-16(11-13)9-10-21-18/h1-2,4-6,8,11,17,20H,3,7,9-10H2. The van der Waals surface area contributed by atoms with E-state index >= 15 is 0 Å². The minimum absolute atomic E-state index is 0.498. The van der Waals surface area contributed by atoms with Crippen LogP contribution in [0, 0.1) is 11.3 Å². The zero-order valence-corrected chi connectivity index (χ0v) is 11.7. The van der Waals surface area contributed by atoms with Gasteiger partial charge in [-0.15, -0.1) is 0 Å². The van der Waals surface area contributed by atoms with Crippen LogP contribution in [0.2, 0.25) is 0 Å². The van der Waals surface area contributed by atoms with Gasteiger partial charge in [-0.3, -0.25) is 0 Å². The number of benzene rings is 2. The molecule has 1 heterocycles. The second kappa shape index (κ2) is 5.99. The fourth-order valence-corrected chi connectivity index (χ4v) is 2.65. The van der Waals surface area contributed by atoms with Gasteiger partial charge in [-0.1, -0.05) is 24.3 Å². The average Bonchev–Trinajstić information content (AvgIpc) is 3.00. The number of aliphatic hydroxyl groups excluding tert-OH is 1. The molecule has 21 heavy (non-hydrogen) atoms. The Hall–Kier alpha value is -2.31. The summed E-state index contributed by atoms with van der Waals surface area (Å²) in [6.07, 6.45) is 1.98. The number of nitrogens with zero attached hydrogens (tertiary/aromatic N) is 1. The molecule has 1 atom stereocenters. The summed E-state index contributed by atoms with van der Waals surface area (Å²) in [4.78, 5) is 0. The van der Waals surface area contributed by atoms with Gasteiger partial charge in [0.1, 0.15) is 5.75 Å². The summed E-state index contributed by atoms with van der Waals surface area (Å²) in [6.45, 7) is 0.770. The van der Waals surface area contributed by atoms with Gasteiger partial charge in [0.15, 0.2) is 0 Å². The molecule has 0 aliphatic carbocycles. The maximum atomic E-state index is 10.2. The zero-order chi connectivity index (χ0) is 14.7. The number of hydrogen-bond acceptors (Lipinski definition) is 3. The predicted molar refractivity (Wildman–Crippen MR) is 80.1 cm³/mol. The molecular weight excluding hydrogens is 262 g/mol. The highest BCUT2D eigenvalue weighted by atomic mass is 16.5. The lowest BCUT2D eigenvalue weighted by atomic mass is 9.99. The van der Waals surface area contributed by atoms with Crippen LogP contribution >= 0.6 is 0 Å². The van der Waals surface area contributed by atoms with Crippen molar-refractivity contribution in [2.24, 2.45) is 0 Å². The number of hydrogen-bond donors (Lipinski definition) is 1. The molecule has 0 amide bonds. The van der Waals surface area contributed by atoms with Crippen molar-refractivity contribution in [1.29, 1.82) is 5.26 Å². The Kier molecular flexibility index (Phi) is 3.89. The maximum Gasteiger partial charge on any atom is 0.122 e. The van der Waals surface area contributed by atoms with E-state index in [9.17, 15) is 5.11 Å². The Morgan fingerprint density at radius 1 is 1.19 bits per heavy atom. The highest BCUT2D eigenvalue weighted by Gasteiger charge is 2.13. The molecule has 0 aromatic heterocycles. The molecule has 2 aromatic carbocycles. The van der Waals surface area contributed by atoms with E-state index in [1.165, 1.54) is 11.1 Å². The Bertz CT molecular complexity index is 671. The summed E-state index contributed by atoms with van der Waals surface area (Å²) in [5.74, 6) is 0.992. The monoisotopic (exact) mass is 279 g/mol. The summed E-state index contributed by atoms with van der Waals surface area (Å²) >= 11 is 0. The number of aryl methyl sites for hydroxylation is 1. The lowest BCUT2D eigenvalue weighted by molar-refractivity contribution is 0.168. The van der Waals surface area contributed by atoms with Crippen molar-refractivity contribution in [3.63, 3.8) is 0 Å². The minimum Gasteiger partial charge on any atom is -0.493 e. The van der Waals surface area contributed by atoms with E-state index in [1.807, 2.05) is 18.2 Å². The number of ether oxygens (including phenoxy) is 1. The molecule has 3 rings (SSSR count). The van der Waals surface area contributed by atoms with Crippen LogP contribution in [0.1, 0.15) is 34.8 Å². The van der Waals surface area contributed by atoms with Crippen molar-refractivity contribution in [3.8, 4) is 11.8 Å². The van der Waals surface area contributed by atoms with Crippen LogP contribution in [0.5, 0.6) is 5.75 Å². The lowest BCUT2D eigenvalue weighted by Crippen LogP contribution is -2.00. The van der Waals surface area contributed by atoms with Gasteiger partial charge in [0.05, 0.1) is 24.3 Å². The minimum atomic E-state index is -0.498. The number of nitriles is 1. The summed E-state index contributed by atoms with van der Waals surface area (Å²) in [5, 5.41) is 19.0. The van der Waals surface area contributed by atoms with Crippen LogP contribution in [-0.2, 0) is 12.8 Å². The third-order valence-electron chi connectivity index (χ3n) is 3.88. The fourth-order valence-electron chi connectivity index (χ4n) is 2.65. The van der Waals surface area contributed by atoms with E-state index in [1.54, 1.807) is 12.1 Å². The molecule has 106 valence electrons. The van der Waals surface area contributed by atoms with Crippen LogP contribution in [0.15, 0.2) is 42.5 Å². The van der Waals surface area contributed by atoms with Crippen LogP contribution in [0.4, 0.5) is 0 Å². The van der Waals surface area contributed by atoms with Gasteiger partial charge in [0.25, 0.3) is 0 Å². The molecule has 3 heteroatoms. The van der Waals surface area contributed by atoms with E-state index in [4.69, 9.17) is 10.00 Å². The van der Waals surface area contributed by atoms with Gasteiger partial charge < -0.3 is 9.84 Å². The zero-order valence-electron chi connectivity index (χ0n) is 11.7. The molecule has 0 spiro atoms. The third-order valence-corrected chi connectivity index (χ3v) is 3.88. The molecule has 1 unspecified atom stereocenters.